The van der Waals surface area contributed by atoms with Crippen LogP contribution in [0.2, 0.25) is 45.2 Å². The highest BCUT2D eigenvalue weighted by Crippen LogP contribution is 2.60. The van der Waals surface area contributed by atoms with Crippen LogP contribution in [0, 0.1) is 0 Å². The number of halogens is 21. The van der Waals surface area contributed by atoms with Crippen molar-refractivity contribution in [3.05, 3.63) is 95.3 Å². The maximum Gasteiger partial charge on any atom is 0.135 e. The van der Waals surface area contributed by atoms with Crippen molar-refractivity contribution in [3.63, 3.8) is 0 Å². The summed E-state index contributed by atoms with van der Waals surface area (Å²) in [4.78, 5) is -8.24. The van der Waals surface area contributed by atoms with Gasteiger partial charge in [-0.3, -0.25) is 0 Å². The Morgan fingerprint density at radius 1 is 0.196 bits per heavy atom. The van der Waals surface area contributed by atoms with Gasteiger partial charge in [0.1, 0.15) is 29.0 Å². The van der Waals surface area contributed by atoms with E-state index >= 15 is 0 Å². The Kier molecular flexibility index (Phi) is 17.2. The van der Waals surface area contributed by atoms with Crippen molar-refractivity contribution in [2.75, 3.05) is 0 Å². The van der Waals surface area contributed by atoms with E-state index in [-0.39, 0.29) is 95.3 Å². The molecule has 0 fully saturated rings. The minimum atomic E-state index is -1.50. The summed E-state index contributed by atoms with van der Waals surface area (Å²) in [5.74, 6) is -1.50. The van der Waals surface area contributed by atoms with Crippen LogP contribution in [0.3, 0.4) is 0 Å². The van der Waals surface area contributed by atoms with Crippen LogP contribution in [0.15, 0.2) is 0 Å². The molecule has 254 valence electrons. The highest BCUT2D eigenvalue weighted by molar-refractivity contribution is 6.54. The van der Waals surface area contributed by atoms with Gasteiger partial charge in [-0.15, -0.1) is 0 Å². The number of benzene rings is 3. The van der Waals surface area contributed by atoms with Gasteiger partial charge in [0.25, 0.3) is 0 Å². The van der Waals surface area contributed by atoms with Gasteiger partial charge in [0.2, 0.25) is 0 Å². The van der Waals surface area contributed by atoms with Crippen LogP contribution < -0.4 is 0 Å². The summed E-state index contributed by atoms with van der Waals surface area (Å²) >= 11 is 138. The third kappa shape index (κ3) is 8.36. The zero-order valence-corrected chi connectivity index (χ0v) is 36.9. The van der Waals surface area contributed by atoms with E-state index in [2.05, 4.69) is 0 Å². The topological polar surface area (TPSA) is 0 Å². The van der Waals surface area contributed by atoms with E-state index in [9.17, 15) is 0 Å². The van der Waals surface area contributed by atoms with Crippen molar-refractivity contribution >= 4 is 244 Å². The van der Waals surface area contributed by atoms with Crippen molar-refractivity contribution in [2.24, 2.45) is 0 Å². The van der Waals surface area contributed by atoms with E-state index in [0.717, 1.165) is 0 Å². The first-order valence-electron chi connectivity index (χ1n) is 11.4. The molecule has 0 saturated heterocycles. The lowest BCUT2D eigenvalue weighted by molar-refractivity contribution is 0.951. The van der Waals surface area contributed by atoms with Gasteiger partial charge in [-0.2, -0.15) is 0 Å². The number of hydrogen-bond acceptors (Lipinski definition) is 0. The molecule has 0 nitrogen and oxygen atoms in total. The monoisotopic (exact) mass is 1040 g/mol. The van der Waals surface area contributed by atoms with Crippen LogP contribution in [-0.2, 0) is 0 Å². The molecule has 46 heavy (non-hydrogen) atoms. The molecule has 0 bridgehead atoms. The lowest BCUT2D eigenvalue weighted by Crippen LogP contribution is -2.15. The maximum atomic E-state index is 7.01. The van der Waals surface area contributed by atoms with Crippen molar-refractivity contribution in [3.8, 4) is 0 Å². The smallest absolute Gasteiger partial charge is 0.0999 e. The third-order valence-corrected chi connectivity index (χ3v) is 12.7. The Balaban J connectivity index is 2.91. The van der Waals surface area contributed by atoms with Crippen LogP contribution >= 0.6 is 244 Å². The van der Waals surface area contributed by atoms with E-state index in [4.69, 9.17) is 244 Å². The third-order valence-electron chi connectivity index (χ3n) is 6.43. The van der Waals surface area contributed by atoms with Crippen molar-refractivity contribution < 1.29 is 0 Å². The molecule has 0 aliphatic carbocycles. The highest BCUT2D eigenvalue weighted by Gasteiger charge is 2.41. The molecule has 0 radical (unpaired) electrons. The number of rotatable bonds is 9. The minimum Gasteiger partial charge on any atom is -0.0999 e. The molecule has 0 aliphatic heterocycles. The fraction of sp³-hybridized carbons (Fsp3) is 0.280. The van der Waals surface area contributed by atoms with E-state index < -0.39 is 34.9 Å². The second-order valence-electron chi connectivity index (χ2n) is 8.79. The summed E-state index contributed by atoms with van der Waals surface area (Å²) in [6.07, 6.45) is 0. The molecule has 0 unspecified atom stereocenters. The number of alkyl halides is 12. The molecule has 0 heterocycles. The van der Waals surface area contributed by atoms with Crippen LogP contribution in [0.4, 0.5) is 0 Å². The molecule has 0 saturated carbocycles. The SMILES string of the molecule is Clc1c(C(Cl)Cl)c(Cl)c(C(c2c(Cl)c(C(Cl)Cl)c(Cl)c(C(Cl)Cl)c2Cl)c2c(Cl)c(C(Cl)Cl)c(Cl)c(C(Cl)Cl)c2Cl)c(Cl)c1C(Cl)Cl. The standard InChI is InChI=1S/C25H7Cl21/c26-11-2(12(27)6(21(37)38)17(32)5(11)20(35)36)1(3-13(28)7(22(39)40)18(33)8(14(3)29)23(41)42)4-15(30)9(24(43)44)19(34)10(16(4)31)25(45)46/h1,20-25H. The van der Waals surface area contributed by atoms with Crippen molar-refractivity contribution in [1.82, 2.24) is 0 Å². The molecule has 21 heteroatoms. The van der Waals surface area contributed by atoms with E-state index in [1.54, 1.807) is 0 Å². The Bertz CT molecular complexity index is 1360. The summed E-state index contributed by atoms with van der Waals surface area (Å²) in [6, 6.07) is 0. The largest absolute Gasteiger partial charge is 0.135 e. The Morgan fingerprint density at radius 3 is 0.413 bits per heavy atom. The Labute approximate surface area is 368 Å². The second-order valence-corrected chi connectivity index (χ2v) is 18.8. The normalized spacial score (nSPS) is 12.5. The van der Waals surface area contributed by atoms with E-state index in [1.807, 2.05) is 0 Å². The van der Waals surface area contributed by atoms with Gasteiger partial charge in [0.05, 0.1) is 45.2 Å². The molecule has 3 rings (SSSR count). The first-order valence-corrected chi connectivity index (χ1v) is 20.1. The van der Waals surface area contributed by atoms with Gasteiger partial charge in [-0.1, -0.05) is 244 Å². The summed E-state index contributed by atoms with van der Waals surface area (Å²) in [5.41, 5.74) is -0.692. The minimum absolute atomic E-state index is 0.0686. The molecule has 0 aliphatic rings. The molecule has 3 aromatic carbocycles. The molecular weight excluding hydrogens is 1040 g/mol. The first-order chi connectivity index (χ1) is 21.1. The Morgan fingerprint density at radius 2 is 0.304 bits per heavy atom. The summed E-state index contributed by atoms with van der Waals surface area (Å²) in [5, 5.41) is -1.85. The van der Waals surface area contributed by atoms with Crippen LogP contribution in [0.5, 0.6) is 0 Å². The fourth-order valence-corrected chi connectivity index (χ4v) is 12.6. The Hall–Kier alpha value is 3.75. The zero-order chi connectivity index (χ0) is 35.4. The van der Waals surface area contributed by atoms with Crippen LogP contribution in [0.25, 0.3) is 0 Å². The molecular formula is C25H7Cl21. The summed E-state index contributed by atoms with van der Waals surface area (Å²) < 4.78 is 0. The maximum absolute atomic E-state index is 7.01. The quantitative estimate of drug-likeness (QED) is 0.148. The number of hydrogen-bond donors (Lipinski definition) is 0. The van der Waals surface area contributed by atoms with Gasteiger partial charge in [0.15, 0.2) is 0 Å². The molecule has 0 amide bonds. The molecule has 0 atom stereocenters. The highest BCUT2D eigenvalue weighted by atomic mass is 35.6. The van der Waals surface area contributed by atoms with Gasteiger partial charge in [-0.05, 0) is 0 Å². The van der Waals surface area contributed by atoms with Gasteiger partial charge in [-0.25, -0.2) is 0 Å². The van der Waals surface area contributed by atoms with Gasteiger partial charge < -0.3 is 0 Å². The van der Waals surface area contributed by atoms with Crippen LogP contribution in [-0.4, -0.2) is 0 Å². The first kappa shape index (κ1) is 44.1. The van der Waals surface area contributed by atoms with Gasteiger partial charge >= 0.3 is 0 Å². The predicted octanol–water partition coefficient (Wildman–Crippen LogP) is 19.6. The summed E-state index contributed by atoms with van der Waals surface area (Å²) in [6.45, 7) is 0. The predicted molar refractivity (Wildman–Crippen MR) is 212 cm³/mol. The molecule has 0 N–H and O–H groups in total. The molecule has 0 spiro atoms. The van der Waals surface area contributed by atoms with Crippen molar-refractivity contribution in [1.29, 1.82) is 0 Å². The zero-order valence-electron chi connectivity index (χ0n) is 21.0. The van der Waals surface area contributed by atoms with Crippen LogP contribution in [0.1, 0.15) is 85.0 Å². The average Bonchev–Trinajstić information content (AvgIpc) is 2.86. The molecule has 3 aromatic rings. The fourth-order valence-electron chi connectivity index (χ4n) is 4.52. The van der Waals surface area contributed by atoms with E-state index in [0.29, 0.717) is 0 Å². The molecule has 0 aromatic heterocycles. The van der Waals surface area contributed by atoms with E-state index in [1.165, 1.54) is 0 Å². The lowest BCUT2D eigenvalue weighted by atomic mass is 9.81. The van der Waals surface area contributed by atoms with Gasteiger partial charge in [0, 0.05) is 56.0 Å². The second kappa shape index (κ2) is 17.9. The average molecular weight is 1050 g/mol. The summed E-state index contributed by atoms with van der Waals surface area (Å²) in [7, 11) is 0. The lowest BCUT2D eigenvalue weighted by Gasteiger charge is -2.32. The van der Waals surface area contributed by atoms with Crippen molar-refractivity contribution in [2.45, 2.75) is 34.9 Å².